The summed E-state index contributed by atoms with van der Waals surface area (Å²) in [6, 6.07) is 0. The van der Waals surface area contributed by atoms with E-state index in [0.717, 1.165) is 24.7 Å². The molecular weight excluding hydrogens is 316 g/mol. The molecule has 0 aromatic heterocycles. The zero-order chi connectivity index (χ0) is 17.3. The topological polar surface area (TPSA) is 63.6 Å². The van der Waals surface area contributed by atoms with E-state index in [9.17, 15) is 14.7 Å². The number of carboxylic acids is 1. The van der Waals surface area contributed by atoms with Gasteiger partial charge in [-0.3, -0.25) is 9.59 Å². The van der Waals surface area contributed by atoms with Crippen molar-refractivity contribution >= 4 is 11.9 Å². The molecule has 0 aliphatic heterocycles. The third-order valence-corrected chi connectivity index (χ3v) is 8.38. The summed E-state index contributed by atoms with van der Waals surface area (Å²) in [6.45, 7) is 2.16. The van der Waals surface area contributed by atoms with Gasteiger partial charge in [0.05, 0.1) is 11.8 Å². The van der Waals surface area contributed by atoms with Gasteiger partial charge in [-0.2, -0.15) is 0 Å². The van der Waals surface area contributed by atoms with Crippen LogP contribution in [0.5, 0.6) is 0 Å². The minimum absolute atomic E-state index is 0.0103. The van der Waals surface area contributed by atoms with Crippen molar-refractivity contribution in [3.63, 3.8) is 0 Å². The number of allylic oxidation sites excluding steroid dienone is 2. The van der Waals surface area contributed by atoms with Crippen LogP contribution in [0.1, 0.15) is 51.9 Å². The number of ether oxygens (including phenoxy) is 1. The van der Waals surface area contributed by atoms with Crippen molar-refractivity contribution in [1.29, 1.82) is 0 Å². The summed E-state index contributed by atoms with van der Waals surface area (Å²) in [5.74, 6) is 0.594. The molecule has 5 fully saturated rings. The van der Waals surface area contributed by atoms with Crippen molar-refractivity contribution in [2.45, 2.75) is 57.5 Å². The van der Waals surface area contributed by atoms with Gasteiger partial charge in [-0.25, -0.2) is 0 Å². The van der Waals surface area contributed by atoms with Crippen LogP contribution < -0.4 is 0 Å². The first-order valence-electron chi connectivity index (χ1n) is 10.2. The third-order valence-electron chi connectivity index (χ3n) is 8.38. The summed E-state index contributed by atoms with van der Waals surface area (Å²) in [5.41, 5.74) is -0.320. The molecule has 6 aliphatic carbocycles. The second-order valence-corrected chi connectivity index (χ2v) is 9.37. The maximum atomic E-state index is 13.2. The Hall–Kier alpha value is -1.32. The van der Waals surface area contributed by atoms with E-state index in [1.54, 1.807) is 0 Å². The molecule has 4 unspecified atom stereocenters. The molecule has 4 nitrogen and oxygen atoms in total. The third kappa shape index (κ3) is 2.12. The van der Waals surface area contributed by atoms with Crippen LogP contribution in [0.15, 0.2) is 12.2 Å². The number of carboxylic acid groups (broad SMARTS) is 1. The number of aliphatic carboxylic acids is 1. The van der Waals surface area contributed by atoms with Crippen molar-refractivity contribution in [1.82, 2.24) is 0 Å². The van der Waals surface area contributed by atoms with Crippen LogP contribution in [0.2, 0.25) is 0 Å². The van der Waals surface area contributed by atoms with E-state index >= 15 is 0 Å². The highest BCUT2D eigenvalue weighted by Gasteiger charge is 2.60. The smallest absolute Gasteiger partial charge is 0.311 e. The molecule has 6 aliphatic rings. The van der Waals surface area contributed by atoms with E-state index < -0.39 is 17.8 Å². The van der Waals surface area contributed by atoms with Gasteiger partial charge < -0.3 is 9.84 Å². The largest absolute Gasteiger partial charge is 0.481 e. The fourth-order valence-corrected chi connectivity index (χ4v) is 7.53. The number of hydrogen-bond acceptors (Lipinski definition) is 3. The molecule has 25 heavy (non-hydrogen) atoms. The predicted octanol–water partition coefficient (Wildman–Crippen LogP) is 3.66. The Balaban J connectivity index is 1.41. The first-order chi connectivity index (χ1) is 12.0. The Morgan fingerprint density at radius 2 is 1.52 bits per heavy atom. The summed E-state index contributed by atoms with van der Waals surface area (Å²) in [5, 5.41) is 9.64. The molecule has 0 saturated heterocycles. The summed E-state index contributed by atoms with van der Waals surface area (Å²) >= 11 is 0. The van der Waals surface area contributed by atoms with Crippen molar-refractivity contribution < 1.29 is 19.4 Å². The minimum atomic E-state index is -0.838. The first kappa shape index (κ1) is 15.9. The van der Waals surface area contributed by atoms with Crippen molar-refractivity contribution in [2.24, 2.45) is 47.3 Å². The van der Waals surface area contributed by atoms with Crippen LogP contribution in [-0.4, -0.2) is 22.6 Å². The van der Waals surface area contributed by atoms with Gasteiger partial charge in [0, 0.05) is 0 Å². The molecular formula is C21H28O4. The Morgan fingerprint density at radius 1 is 0.960 bits per heavy atom. The van der Waals surface area contributed by atoms with Crippen LogP contribution in [-0.2, 0) is 14.3 Å². The van der Waals surface area contributed by atoms with Gasteiger partial charge in [0.1, 0.15) is 5.60 Å². The van der Waals surface area contributed by atoms with Crippen molar-refractivity contribution in [3.05, 3.63) is 12.2 Å². The molecule has 0 spiro atoms. The molecule has 4 atom stereocenters. The number of esters is 1. The number of hydrogen-bond donors (Lipinski definition) is 1. The molecule has 0 heterocycles. The molecule has 5 saturated carbocycles. The van der Waals surface area contributed by atoms with Crippen LogP contribution in [0.25, 0.3) is 0 Å². The summed E-state index contributed by atoms with van der Waals surface area (Å²) in [7, 11) is 0. The second-order valence-electron chi connectivity index (χ2n) is 9.37. The standard InChI is InChI=1S/C21H28O4/c1-2-21(15-6-11-5-12(8-15)9-16(21)7-11)25-20(24)18-14-4-3-13(10-14)17(18)19(22)23/h3-4,11-18H,2,5-10H2,1H3,(H,22,23). The Kier molecular flexibility index (Phi) is 3.40. The molecule has 4 heteroatoms. The molecule has 136 valence electrons. The second kappa shape index (κ2) is 5.34. The van der Waals surface area contributed by atoms with Gasteiger partial charge in [0.15, 0.2) is 0 Å². The van der Waals surface area contributed by atoms with Gasteiger partial charge in [-0.1, -0.05) is 19.1 Å². The lowest BCUT2D eigenvalue weighted by atomic mass is 9.49. The van der Waals surface area contributed by atoms with Crippen LogP contribution in [0.4, 0.5) is 0 Å². The zero-order valence-electron chi connectivity index (χ0n) is 14.9. The summed E-state index contributed by atoms with van der Waals surface area (Å²) in [4.78, 5) is 24.9. The molecule has 1 N–H and O–H groups in total. The normalized spacial score (nSPS) is 51.9. The maximum absolute atomic E-state index is 13.2. The summed E-state index contributed by atoms with van der Waals surface area (Å²) in [6.07, 6.45) is 11.9. The number of carbonyl (C=O) groups is 2. The fraction of sp³-hybridized carbons (Fsp3) is 0.810. The number of carbonyl (C=O) groups excluding carboxylic acids is 1. The van der Waals surface area contributed by atoms with E-state index in [2.05, 4.69) is 6.92 Å². The van der Waals surface area contributed by atoms with Gasteiger partial charge in [-0.05, 0) is 80.5 Å². The minimum Gasteiger partial charge on any atom is -0.481 e. The molecule has 0 aromatic carbocycles. The highest BCUT2D eigenvalue weighted by atomic mass is 16.6. The lowest BCUT2D eigenvalue weighted by Gasteiger charge is -2.60. The Labute approximate surface area is 149 Å². The van der Waals surface area contributed by atoms with Crippen LogP contribution >= 0.6 is 0 Å². The van der Waals surface area contributed by atoms with Gasteiger partial charge in [0.2, 0.25) is 0 Å². The van der Waals surface area contributed by atoms with Crippen molar-refractivity contribution in [2.75, 3.05) is 0 Å². The quantitative estimate of drug-likeness (QED) is 0.624. The summed E-state index contributed by atoms with van der Waals surface area (Å²) < 4.78 is 6.34. The molecule has 0 aromatic rings. The fourth-order valence-electron chi connectivity index (χ4n) is 7.53. The maximum Gasteiger partial charge on any atom is 0.311 e. The van der Waals surface area contributed by atoms with Crippen LogP contribution in [0, 0.1) is 47.3 Å². The monoisotopic (exact) mass is 344 g/mol. The highest BCUT2D eigenvalue weighted by Crippen LogP contribution is 2.61. The lowest BCUT2D eigenvalue weighted by Crippen LogP contribution is -2.60. The number of fused-ring (bicyclic) bond motifs is 2. The van der Waals surface area contributed by atoms with Gasteiger partial charge >= 0.3 is 11.9 Å². The van der Waals surface area contributed by atoms with E-state index in [-0.39, 0.29) is 23.4 Å². The van der Waals surface area contributed by atoms with E-state index in [1.807, 2.05) is 12.2 Å². The highest BCUT2D eigenvalue weighted by molar-refractivity contribution is 5.83. The van der Waals surface area contributed by atoms with E-state index in [1.165, 1.54) is 32.1 Å². The molecule has 0 amide bonds. The predicted molar refractivity (Wildman–Crippen MR) is 91.5 cm³/mol. The SMILES string of the molecule is CCC1(OC(=O)C2C3C=CC(C3)C2C(=O)O)C2CC3CC(C2)CC1C3. The Morgan fingerprint density at radius 3 is 2.04 bits per heavy atom. The average Bonchev–Trinajstić information content (AvgIpc) is 3.18. The zero-order valence-corrected chi connectivity index (χ0v) is 14.9. The lowest BCUT2D eigenvalue weighted by molar-refractivity contribution is -0.216. The van der Waals surface area contributed by atoms with Crippen LogP contribution in [0.3, 0.4) is 0 Å². The first-order valence-corrected chi connectivity index (χ1v) is 10.2. The molecule has 0 radical (unpaired) electrons. The molecule has 6 rings (SSSR count). The Bertz CT molecular complexity index is 608. The van der Waals surface area contributed by atoms with Gasteiger partial charge in [-0.15, -0.1) is 0 Å². The molecule has 6 bridgehead atoms. The van der Waals surface area contributed by atoms with E-state index in [4.69, 9.17) is 4.74 Å². The van der Waals surface area contributed by atoms with Crippen molar-refractivity contribution in [3.8, 4) is 0 Å². The van der Waals surface area contributed by atoms with Gasteiger partial charge in [0.25, 0.3) is 0 Å². The number of rotatable bonds is 4. The average molecular weight is 344 g/mol. The van der Waals surface area contributed by atoms with E-state index in [0.29, 0.717) is 11.8 Å².